The summed E-state index contributed by atoms with van der Waals surface area (Å²) in [7, 11) is 0. The minimum absolute atomic E-state index is 0.0828. The number of guanidine groups is 1. The quantitative estimate of drug-likeness (QED) is 0.132. The van der Waals surface area contributed by atoms with Crippen molar-refractivity contribution < 1.29 is 33.4 Å². The van der Waals surface area contributed by atoms with Gasteiger partial charge < -0.3 is 31.0 Å². The topological polar surface area (TPSA) is 172 Å². The molecule has 0 spiro atoms. The first-order valence-corrected chi connectivity index (χ1v) is 10.1. The number of carbonyl (C=O) groups is 4. The molecule has 1 amide bonds. The second-order valence-electron chi connectivity index (χ2n) is 6.80. The van der Waals surface area contributed by atoms with Crippen molar-refractivity contribution in [1.82, 2.24) is 5.32 Å². The molecule has 0 unspecified atom stereocenters. The fourth-order valence-electron chi connectivity index (χ4n) is 2.72. The summed E-state index contributed by atoms with van der Waals surface area (Å²) in [5, 5.41) is 2.59. The minimum atomic E-state index is -1.12. The Bertz CT molecular complexity index is 820. The molecule has 1 aromatic rings. The number of hydrogen-bond donors (Lipinski definition) is 3. The van der Waals surface area contributed by atoms with Crippen LogP contribution in [0.5, 0.6) is 5.75 Å². The van der Waals surface area contributed by atoms with Gasteiger partial charge in [-0.1, -0.05) is 12.1 Å². The van der Waals surface area contributed by atoms with Gasteiger partial charge in [-0.05, 0) is 37.5 Å². The molecule has 0 fully saturated rings. The van der Waals surface area contributed by atoms with E-state index in [1.807, 2.05) is 0 Å². The first-order valence-electron chi connectivity index (χ1n) is 10.1. The molecule has 0 heterocycles. The largest absolute Gasteiger partial charge is 0.464 e. The van der Waals surface area contributed by atoms with Crippen molar-refractivity contribution in [3.8, 4) is 5.75 Å². The SMILES string of the molecule is CCOC(=O)[C@H](Cc1ccc(OC(C)=O)cc1)NC(=O)[C@@H](CCCN=C(N)N)OC(C)=O. The monoisotopic (exact) mass is 450 g/mol. The fourth-order valence-corrected chi connectivity index (χ4v) is 2.72. The molecule has 11 heteroatoms. The third-order valence-electron chi connectivity index (χ3n) is 4.03. The summed E-state index contributed by atoms with van der Waals surface area (Å²) in [6.07, 6.45) is -0.462. The lowest BCUT2D eigenvalue weighted by atomic mass is 10.0. The number of benzene rings is 1. The van der Waals surface area contributed by atoms with Crippen molar-refractivity contribution in [2.24, 2.45) is 16.5 Å². The van der Waals surface area contributed by atoms with E-state index in [0.717, 1.165) is 0 Å². The second kappa shape index (κ2) is 13.6. The molecule has 11 nitrogen and oxygen atoms in total. The zero-order valence-electron chi connectivity index (χ0n) is 18.5. The molecule has 0 aliphatic heterocycles. The van der Waals surface area contributed by atoms with Gasteiger partial charge in [-0.2, -0.15) is 0 Å². The zero-order valence-corrected chi connectivity index (χ0v) is 18.5. The van der Waals surface area contributed by atoms with Crippen molar-refractivity contribution in [2.75, 3.05) is 13.2 Å². The van der Waals surface area contributed by atoms with E-state index >= 15 is 0 Å². The lowest BCUT2D eigenvalue weighted by molar-refractivity contribution is -0.156. The lowest BCUT2D eigenvalue weighted by Crippen LogP contribution is -2.48. The number of amides is 1. The standard InChI is InChI=1S/C21H30N4O7/c1-4-30-20(29)17(12-15-7-9-16(10-8-15)31-13(2)26)25-19(28)18(32-14(3)27)6-5-11-24-21(22)23/h7-10,17-18H,4-6,11-12H2,1-3H3,(H,25,28)(H4,22,23,24)/t17-,18+/m0/s1. The number of carbonyl (C=O) groups excluding carboxylic acids is 4. The van der Waals surface area contributed by atoms with Crippen LogP contribution >= 0.6 is 0 Å². The van der Waals surface area contributed by atoms with Gasteiger partial charge in [0.2, 0.25) is 0 Å². The molecular formula is C21H30N4O7. The van der Waals surface area contributed by atoms with Crippen LogP contribution in [0.25, 0.3) is 0 Å². The maximum atomic E-state index is 12.8. The third kappa shape index (κ3) is 10.4. The van der Waals surface area contributed by atoms with Crippen molar-refractivity contribution in [3.63, 3.8) is 0 Å². The van der Waals surface area contributed by atoms with Crippen LogP contribution in [0.15, 0.2) is 29.3 Å². The van der Waals surface area contributed by atoms with Gasteiger partial charge in [0.25, 0.3) is 5.91 Å². The average Bonchev–Trinajstić information content (AvgIpc) is 2.70. The molecule has 0 aliphatic rings. The molecule has 0 bridgehead atoms. The van der Waals surface area contributed by atoms with E-state index in [0.29, 0.717) is 17.7 Å². The molecule has 1 rings (SSSR count). The molecule has 0 radical (unpaired) electrons. The van der Waals surface area contributed by atoms with Crippen LogP contribution < -0.4 is 21.5 Å². The lowest BCUT2D eigenvalue weighted by Gasteiger charge is -2.21. The molecular weight excluding hydrogens is 420 g/mol. The Kier molecular flexibility index (Phi) is 11.2. The van der Waals surface area contributed by atoms with E-state index in [1.165, 1.54) is 13.8 Å². The van der Waals surface area contributed by atoms with Crippen LogP contribution in [0.3, 0.4) is 0 Å². The number of nitrogens with two attached hydrogens (primary N) is 2. The zero-order chi connectivity index (χ0) is 24.1. The van der Waals surface area contributed by atoms with Crippen LogP contribution in [0.4, 0.5) is 0 Å². The maximum Gasteiger partial charge on any atom is 0.328 e. The van der Waals surface area contributed by atoms with Gasteiger partial charge in [0.15, 0.2) is 12.1 Å². The molecule has 0 aliphatic carbocycles. The summed E-state index contributed by atoms with van der Waals surface area (Å²) < 4.78 is 15.1. The summed E-state index contributed by atoms with van der Waals surface area (Å²) in [5.74, 6) is -2.09. The molecule has 5 N–H and O–H groups in total. The molecule has 0 saturated heterocycles. The number of esters is 3. The van der Waals surface area contributed by atoms with Gasteiger partial charge in [-0.15, -0.1) is 0 Å². The number of aliphatic imine (C=N–C) groups is 1. The molecule has 32 heavy (non-hydrogen) atoms. The predicted octanol–water partition coefficient (Wildman–Crippen LogP) is 0.188. The Morgan fingerprint density at radius 1 is 1.06 bits per heavy atom. The van der Waals surface area contributed by atoms with Crippen LogP contribution in [-0.4, -0.2) is 55.1 Å². The molecule has 1 aromatic carbocycles. The summed E-state index contributed by atoms with van der Waals surface area (Å²) in [4.78, 5) is 51.5. The summed E-state index contributed by atoms with van der Waals surface area (Å²) in [5.41, 5.74) is 11.2. The number of nitrogens with one attached hydrogen (secondary N) is 1. The van der Waals surface area contributed by atoms with Gasteiger partial charge in [0, 0.05) is 26.8 Å². The van der Waals surface area contributed by atoms with Gasteiger partial charge in [0.1, 0.15) is 11.8 Å². The van der Waals surface area contributed by atoms with E-state index in [2.05, 4.69) is 10.3 Å². The van der Waals surface area contributed by atoms with Crippen molar-refractivity contribution in [1.29, 1.82) is 0 Å². The van der Waals surface area contributed by atoms with Gasteiger partial charge in [-0.25, -0.2) is 4.79 Å². The Morgan fingerprint density at radius 2 is 1.72 bits per heavy atom. The van der Waals surface area contributed by atoms with Gasteiger partial charge in [-0.3, -0.25) is 19.4 Å². The molecule has 0 saturated carbocycles. The number of hydrogen-bond acceptors (Lipinski definition) is 8. The Labute approximate surface area is 186 Å². The third-order valence-corrected chi connectivity index (χ3v) is 4.03. The predicted molar refractivity (Wildman–Crippen MR) is 115 cm³/mol. The number of ether oxygens (including phenoxy) is 3. The second-order valence-corrected chi connectivity index (χ2v) is 6.80. The van der Waals surface area contributed by atoms with E-state index in [-0.39, 0.29) is 32.0 Å². The van der Waals surface area contributed by atoms with Crippen LogP contribution in [0.1, 0.15) is 39.2 Å². The first kappa shape index (κ1) is 26.4. The van der Waals surface area contributed by atoms with E-state index < -0.39 is 36.0 Å². The van der Waals surface area contributed by atoms with Crippen molar-refractivity contribution in [2.45, 2.75) is 52.2 Å². The van der Waals surface area contributed by atoms with Crippen molar-refractivity contribution >= 4 is 29.8 Å². The Morgan fingerprint density at radius 3 is 2.25 bits per heavy atom. The summed E-state index contributed by atoms with van der Waals surface area (Å²) in [6.45, 7) is 4.50. The molecule has 2 atom stereocenters. The highest BCUT2D eigenvalue weighted by atomic mass is 16.5. The van der Waals surface area contributed by atoms with E-state index in [9.17, 15) is 19.2 Å². The first-order chi connectivity index (χ1) is 15.1. The van der Waals surface area contributed by atoms with Crippen LogP contribution in [0.2, 0.25) is 0 Å². The van der Waals surface area contributed by atoms with Gasteiger partial charge in [0.05, 0.1) is 6.61 Å². The molecule has 176 valence electrons. The maximum absolute atomic E-state index is 12.8. The van der Waals surface area contributed by atoms with E-state index in [4.69, 9.17) is 25.7 Å². The minimum Gasteiger partial charge on any atom is -0.464 e. The Balaban J connectivity index is 2.90. The summed E-state index contributed by atoms with van der Waals surface area (Å²) >= 11 is 0. The Hall–Kier alpha value is -3.63. The smallest absolute Gasteiger partial charge is 0.328 e. The van der Waals surface area contributed by atoms with Crippen LogP contribution in [-0.2, 0) is 35.1 Å². The number of rotatable bonds is 12. The number of nitrogens with zero attached hydrogens (tertiary/aromatic N) is 1. The normalized spacial score (nSPS) is 12.1. The highest BCUT2D eigenvalue weighted by Gasteiger charge is 2.28. The highest BCUT2D eigenvalue weighted by molar-refractivity contribution is 5.88. The van der Waals surface area contributed by atoms with E-state index in [1.54, 1.807) is 31.2 Å². The van der Waals surface area contributed by atoms with Crippen molar-refractivity contribution in [3.05, 3.63) is 29.8 Å². The van der Waals surface area contributed by atoms with Crippen LogP contribution in [0, 0.1) is 0 Å². The average molecular weight is 450 g/mol. The fraction of sp³-hybridized carbons (Fsp3) is 0.476. The summed E-state index contributed by atoms with van der Waals surface area (Å²) in [6, 6.07) is 5.46. The molecule has 0 aromatic heterocycles. The highest BCUT2D eigenvalue weighted by Crippen LogP contribution is 2.15. The van der Waals surface area contributed by atoms with Gasteiger partial charge >= 0.3 is 17.9 Å².